The summed E-state index contributed by atoms with van der Waals surface area (Å²) in [6.07, 6.45) is 3.99. The maximum absolute atomic E-state index is 5.88. The molecule has 0 aromatic carbocycles. The van der Waals surface area contributed by atoms with E-state index in [4.69, 9.17) is 4.74 Å². The van der Waals surface area contributed by atoms with Crippen molar-refractivity contribution in [1.82, 2.24) is 5.32 Å². The fourth-order valence-corrected chi connectivity index (χ4v) is 4.09. The van der Waals surface area contributed by atoms with Crippen LogP contribution in [-0.4, -0.2) is 19.8 Å². The Morgan fingerprint density at radius 3 is 2.88 bits per heavy atom. The van der Waals surface area contributed by atoms with E-state index in [1.807, 2.05) is 7.05 Å². The van der Waals surface area contributed by atoms with Gasteiger partial charge in [0.25, 0.3) is 0 Å². The molecular formula is C12H18BrNOS. The predicted octanol–water partition coefficient (Wildman–Crippen LogP) is 3.65. The van der Waals surface area contributed by atoms with Gasteiger partial charge in [0.1, 0.15) is 0 Å². The van der Waals surface area contributed by atoms with E-state index in [0.29, 0.717) is 12.1 Å². The normalized spacial score (nSPS) is 23.3. The van der Waals surface area contributed by atoms with E-state index in [1.165, 1.54) is 33.5 Å². The molecular weight excluding hydrogens is 286 g/mol. The number of hydrogen-bond donors (Lipinski definition) is 1. The zero-order valence-electron chi connectivity index (χ0n) is 9.75. The summed E-state index contributed by atoms with van der Waals surface area (Å²) in [5.41, 5.74) is 1.38. The molecule has 1 aromatic heterocycles. The van der Waals surface area contributed by atoms with Crippen molar-refractivity contribution in [3.05, 3.63) is 20.3 Å². The highest BCUT2D eigenvalue weighted by Crippen LogP contribution is 2.34. The average molecular weight is 304 g/mol. The van der Waals surface area contributed by atoms with E-state index in [1.54, 1.807) is 11.3 Å². The van der Waals surface area contributed by atoms with Gasteiger partial charge in [-0.1, -0.05) is 0 Å². The monoisotopic (exact) mass is 303 g/mol. The van der Waals surface area contributed by atoms with Gasteiger partial charge in [-0.2, -0.15) is 0 Å². The maximum Gasteiger partial charge on any atom is 0.0770 e. The van der Waals surface area contributed by atoms with Crippen LogP contribution in [0.2, 0.25) is 0 Å². The molecule has 1 fully saturated rings. The smallest absolute Gasteiger partial charge is 0.0770 e. The highest BCUT2D eigenvalue weighted by molar-refractivity contribution is 9.11. The van der Waals surface area contributed by atoms with Crippen molar-refractivity contribution in [2.75, 3.05) is 13.7 Å². The molecule has 2 atom stereocenters. The molecule has 0 saturated carbocycles. The van der Waals surface area contributed by atoms with E-state index in [-0.39, 0.29) is 0 Å². The molecule has 0 bridgehead atoms. The number of rotatable bonds is 3. The van der Waals surface area contributed by atoms with E-state index in [0.717, 1.165) is 6.61 Å². The predicted molar refractivity (Wildman–Crippen MR) is 72.1 cm³/mol. The van der Waals surface area contributed by atoms with Crippen LogP contribution >= 0.6 is 27.3 Å². The molecule has 1 saturated heterocycles. The van der Waals surface area contributed by atoms with Crippen molar-refractivity contribution in [2.45, 2.75) is 38.3 Å². The first-order chi connectivity index (χ1) is 7.72. The number of aryl methyl sites for hydroxylation is 1. The van der Waals surface area contributed by atoms with Crippen LogP contribution in [0.5, 0.6) is 0 Å². The number of thiophene rings is 1. The highest BCUT2D eigenvalue weighted by Gasteiger charge is 2.26. The molecule has 0 spiro atoms. The molecule has 16 heavy (non-hydrogen) atoms. The first-order valence-electron chi connectivity index (χ1n) is 5.77. The van der Waals surface area contributed by atoms with E-state index >= 15 is 0 Å². The van der Waals surface area contributed by atoms with Gasteiger partial charge in [0.2, 0.25) is 0 Å². The number of nitrogens with one attached hydrogen (secondary N) is 1. The molecule has 1 N–H and O–H groups in total. The van der Waals surface area contributed by atoms with Crippen LogP contribution in [0.15, 0.2) is 9.85 Å². The van der Waals surface area contributed by atoms with Crippen LogP contribution < -0.4 is 5.32 Å². The molecule has 1 aromatic rings. The van der Waals surface area contributed by atoms with Crippen molar-refractivity contribution >= 4 is 27.3 Å². The fourth-order valence-electron chi connectivity index (χ4n) is 2.34. The minimum absolute atomic E-state index is 0.332. The van der Waals surface area contributed by atoms with Crippen LogP contribution in [0.1, 0.15) is 35.7 Å². The van der Waals surface area contributed by atoms with Gasteiger partial charge < -0.3 is 10.1 Å². The van der Waals surface area contributed by atoms with Crippen LogP contribution in [0.25, 0.3) is 0 Å². The third kappa shape index (κ3) is 2.67. The number of hydrogen-bond acceptors (Lipinski definition) is 3. The number of likely N-dealkylation sites (N-methyl/N-ethyl adjacent to an activating group) is 1. The Bertz CT molecular complexity index is 347. The van der Waals surface area contributed by atoms with Gasteiger partial charge in [-0.25, -0.2) is 0 Å². The van der Waals surface area contributed by atoms with Crippen LogP contribution in [-0.2, 0) is 4.74 Å². The summed E-state index contributed by atoms with van der Waals surface area (Å²) < 4.78 is 7.08. The summed E-state index contributed by atoms with van der Waals surface area (Å²) in [6.45, 7) is 3.09. The summed E-state index contributed by atoms with van der Waals surface area (Å²) in [4.78, 5) is 1.38. The second-order valence-electron chi connectivity index (χ2n) is 4.23. The van der Waals surface area contributed by atoms with Gasteiger partial charge in [0, 0.05) is 11.5 Å². The molecule has 2 unspecified atom stereocenters. The second kappa shape index (κ2) is 5.63. The van der Waals surface area contributed by atoms with Crippen molar-refractivity contribution in [3.8, 4) is 0 Å². The zero-order chi connectivity index (χ0) is 11.5. The molecule has 0 amide bonds. The van der Waals surface area contributed by atoms with Crippen molar-refractivity contribution in [2.24, 2.45) is 0 Å². The lowest BCUT2D eigenvalue weighted by Crippen LogP contribution is -2.34. The van der Waals surface area contributed by atoms with Gasteiger partial charge in [0.15, 0.2) is 0 Å². The zero-order valence-corrected chi connectivity index (χ0v) is 12.2. The minimum Gasteiger partial charge on any atom is -0.376 e. The SMILES string of the molecule is CNC(c1cc(Br)sc1C)C1CCCCO1. The molecule has 90 valence electrons. The van der Waals surface area contributed by atoms with Crippen LogP contribution in [0, 0.1) is 6.92 Å². The van der Waals surface area contributed by atoms with E-state index < -0.39 is 0 Å². The third-order valence-corrected chi connectivity index (χ3v) is 4.73. The average Bonchev–Trinajstić information content (AvgIpc) is 2.61. The van der Waals surface area contributed by atoms with E-state index in [2.05, 4.69) is 34.2 Å². The van der Waals surface area contributed by atoms with Crippen molar-refractivity contribution in [1.29, 1.82) is 0 Å². The molecule has 0 aliphatic carbocycles. The summed E-state index contributed by atoms with van der Waals surface area (Å²) in [5.74, 6) is 0. The van der Waals surface area contributed by atoms with Gasteiger partial charge in [-0.05, 0) is 60.8 Å². The minimum atomic E-state index is 0.332. The Labute approximate surface area is 110 Å². The quantitative estimate of drug-likeness (QED) is 0.920. The molecule has 2 rings (SSSR count). The van der Waals surface area contributed by atoms with Gasteiger partial charge in [-0.3, -0.25) is 0 Å². The summed E-state index contributed by atoms with van der Waals surface area (Å²) in [5, 5.41) is 3.40. The third-order valence-electron chi connectivity index (χ3n) is 3.16. The van der Waals surface area contributed by atoms with Crippen LogP contribution in [0.4, 0.5) is 0 Å². The first kappa shape index (κ1) is 12.6. The fraction of sp³-hybridized carbons (Fsp3) is 0.667. The molecule has 0 radical (unpaired) electrons. The highest BCUT2D eigenvalue weighted by atomic mass is 79.9. The Morgan fingerprint density at radius 2 is 2.38 bits per heavy atom. The molecule has 1 aliphatic heterocycles. The second-order valence-corrected chi connectivity index (χ2v) is 6.87. The Hall–Kier alpha value is 0.1000. The van der Waals surface area contributed by atoms with Crippen molar-refractivity contribution in [3.63, 3.8) is 0 Å². The maximum atomic E-state index is 5.88. The molecule has 4 heteroatoms. The molecule has 1 aliphatic rings. The lowest BCUT2D eigenvalue weighted by Gasteiger charge is -2.30. The first-order valence-corrected chi connectivity index (χ1v) is 7.38. The van der Waals surface area contributed by atoms with Gasteiger partial charge >= 0.3 is 0 Å². The topological polar surface area (TPSA) is 21.3 Å². The van der Waals surface area contributed by atoms with Gasteiger partial charge in [0.05, 0.1) is 15.9 Å². The lowest BCUT2D eigenvalue weighted by molar-refractivity contribution is -0.00665. The summed E-state index contributed by atoms with van der Waals surface area (Å²) in [7, 11) is 2.02. The standard InChI is InChI=1S/C12H18BrNOS/c1-8-9(7-11(13)16-8)12(14-2)10-5-3-4-6-15-10/h7,10,12,14H,3-6H2,1-2H3. The number of ether oxygens (including phenoxy) is 1. The largest absolute Gasteiger partial charge is 0.376 e. The van der Waals surface area contributed by atoms with Crippen LogP contribution in [0.3, 0.4) is 0 Å². The summed E-state index contributed by atoms with van der Waals surface area (Å²) >= 11 is 5.35. The van der Waals surface area contributed by atoms with Crippen molar-refractivity contribution < 1.29 is 4.74 Å². The molecule has 2 heterocycles. The Morgan fingerprint density at radius 1 is 1.56 bits per heavy atom. The summed E-state index contributed by atoms with van der Waals surface area (Å²) in [6, 6.07) is 2.56. The molecule has 2 nitrogen and oxygen atoms in total. The Kier molecular flexibility index (Phi) is 4.41. The van der Waals surface area contributed by atoms with E-state index in [9.17, 15) is 0 Å². The Balaban J connectivity index is 2.17. The number of halogens is 1. The van der Waals surface area contributed by atoms with Gasteiger partial charge in [-0.15, -0.1) is 11.3 Å². The lowest BCUT2D eigenvalue weighted by atomic mass is 9.96.